The second-order valence-corrected chi connectivity index (χ2v) is 7.29. The van der Waals surface area contributed by atoms with Crippen molar-refractivity contribution in [2.24, 2.45) is 23.2 Å². The molecule has 0 radical (unpaired) electrons. The minimum Gasteiger partial charge on any atom is -0.461 e. The SMILES string of the molecule is CC(=O)OC1C=CC2(O)C(C)CCC3C(C)C(=O)OC3C12C. The Hall–Kier alpha value is -1.36. The molecule has 22 heavy (non-hydrogen) atoms. The highest BCUT2D eigenvalue weighted by Gasteiger charge is 2.67. The fourth-order valence-electron chi connectivity index (χ4n) is 4.65. The molecule has 2 fully saturated rings. The van der Waals surface area contributed by atoms with Crippen molar-refractivity contribution in [3.8, 4) is 0 Å². The van der Waals surface area contributed by atoms with Crippen molar-refractivity contribution in [3.63, 3.8) is 0 Å². The van der Waals surface area contributed by atoms with Crippen LogP contribution < -0.4 is 0 Å². The third-order valence-corrected chi connectivity index (χ3v) is 6.19. The molecule has 1 aliphatic heterocycles. The lowest BCUT2D eigenvalue weighted by atomic mass is 9.64. The summed E-state index contributed by atoms with van der Waals surface area (Å²) in [6, 6.07) is 0. The van der Waals surface area contributed by atoms with E-state index in [1.807, 2.05) is 20.8 Å². The molecule has 1 heterocycles. The molecule has 0 amide bonds. The van der Waals surface area contributed by atoms with Crippen LogP contribution in [0.1, 0.15) is 40.5 Å². The average Bonchev–Trinajstić information content (AvgIpc) is 2.84. The van der Waals surface area contributed by atoms with Crippen LogP contribution in [-0.2, 0) is 19.1 Å². The number of fused-ring (bicyclic) bond motifs is 3. The largest absolute Gasteiger partial charge is 0.461 e. The number of carbonyl (C=O) groups is 2. The zero-order valence-corrected chi connectivity index (χ0v) is 13.5. The summed E-state index contributed by atoms with van der Waals surface area (Å²) < 4.78 is 11.1. The minimum atomic E-state index is -1.14. The maximum atomic E-state index is 12.1. The lowest BCUT2D eigenvalue weighted by Gasteiger charge is -2.47. The van der Waals surface area contributed by atoms with E-state index in [-0.39, 0.29) is 23.7 Å². The fourth-order valence-corrected chi connectivity index (χ4v) is 4.65. The Bertz CT molecular complexity index is 541. The van der Waals surface area contributed by atoms with Crippen molar-refractivity contribution in [1.82, 2.24) is 0 Å². The van der Waals surface area contributed by atoms with Crippen molar-refractivity contribution in [3.05, 3.63) is 12.2 Å². The Kier molecular flexibility index (Phi) is 3.40. The van der Waals surface area contributed by atoms with Gasteiger partial charge in [0.2, 0.25) is 0 Å². The Morgan fingerprint density at radius 1 is 1.41 bits per heavy atom. The first-order valence-corrected chi connectivity index (χ1v) is 8.01. The standard InChI is InChI=1S/C17H24O5/c1-9-5-6-12-10(2)15(19)22-14(12)16(4)13(21-11(3)18)7-8-17(9,16)20/h7-10,12-14,20H,5-6H2,1-4H3. The van der Waals surface area contributed by atoms with Crippen LogP contribution in [-0.4, -0.2) is 34.9 Å². The minimum absolute atomic E-state index is 0.00538. The first-order chi connectivity index (χ1) is 10.2. The maximum absolute atomic E-state index is 12.1. The molecule has 122 valence electrons. The molecule has 5 heteroatoms. The quantitative estimate of drug-likeness (QED) is 0.591. The Morgan fingerprint density at radius 3 is 2.73 bits per heavy atom. The van der Waals surface area contributed by atoms with Crippen molar-refractivity contribution >= 4 is 11.9 Å². The lowest BCUT2D eigenvalue weighted by Crippen LogP contribution is -2.58. The number of hydrogen-bond donors (Lipinski definition) is 1. The van der Waals surface area contributed by atoms with Crippen LogP contribution in [0.5, 0.6) is 0 Å². The van der Waals surface area contributed by atoms with Crippen molar-refractivity contribution in [2.45, 2.75) is 58.3 Å². The van der Waals surface area contributed by atoms with Crippen molar-refractivity contribution in [1.29, 1.82) is 0 Å². The van der Waals surface area contributed by atoms with E-state index in [0.29, 0.717) is 0 Å². The maximum Gasteiger partial charge on any atom is 0.309 e. The van der Waals surface area contributed by atoms with Gasteiger partial charge in [-0.05, 0) is 31.8 Å². The first-order valence-electron chi connectivity index (χ1n) is 8.01. The van der Waals surface area contributed by atoms with Crippen LogP contribution in [0.2, 0.25) is 0 Å². The third kappa shape index (κ3) is 1.81. The van der Waals surface area contributed by atoms with Gasteiger partial charge >= 0.3 is 11.9 Å². The number of ether oxygens (including phenoxy) is 2. The molecule has 7 unspecified atom stereocenters. The van der Waals surface area contributed by atoms with E-state index in [1.54, 1.807) is 12.2 Å². The second kappa shape index (κ2) is 4.82. The van der Waals surface area contributed by atoms with Gasteiger partial charge in [0.1, 0.15) is 12.2 Å². The number of esters is 2. The summed E-state index contributed by atoms with van der Waals surface area (Å²) in [6.07, 6.45) is 4.11. The normalized spacial score (nSPS) is 50.0. The summed E-state index contributed by atoms with van der Waals surface area (Å²) in [5, 5.41) is 11.4. The summed E-state index contributed by atoms with van der Waals surface area (Å²) in [7, 11) is 0. The molecule has 3 rings (SSSR count). The molecule has 0 aromatic heterocycles. The number of hydrogen-bond acceptors (Lipinski definition) is 5. The van der Waals surface area contributed by atoms with Crippen LogP contribution in [0.25, 0.3) is 0 Å². The summed E-state index contributed by atoms with van der Waals surface area (Å²) >= 11 is 0. The molecule has 0 aromatic rings. The van der Waals surface area contributed by atoms with E-state index in [9.17, 15) is 14.7 Å². The van der Waals surface area contributed by atoms with Gasteiger partial charge in [0.15, 0.2) is 0 Å². The highest BCUT2D eigenvalue weighted by molar-refractivity contribution is 5.75. The van der Waals surface area contributed by atoms with E-state index in [1.165, 1.54) is 6.92 Å². The zero-order valence-electron chi connectivity index (χ0n) is 13.5. The molecule has 3 aliphatic rings. The summed E-state index contributed by atoms with van der Waals surface area (Å²) in [4.78, 5) is 23.5. The van der Waals surface area contributed by atoms with Crippen molar-refractivity contribution < 1.29 is 24.2 Å². The highest BCUT2D eigenvalue weighted by atomic mass is 16.6. The van der Waals surface area contributed by atoms with Gasteiger partial charge in [-0.25, -0.2) is 0 Å². The molecule has 1 saturated carbocycles. The Morgan fingerprint density at radius 2 is 2.09 bits per heavy atom. The molecule has 0 aromatic carbocycles. The van der Waals surface area contributed by atoms with Crippen molar-refractivity contribution in [2.75, 3.05) is 0 Å². The molecule has 5 nitrogen and oxygen atoms in total. The predicted molar refractivity (Wildman–Crippen MR) is 78.7 cm³/mol. The van der Waals surface area contributed by atoms with Gasteiger partial charge in [-0.3, -0.25) is 9.59 Å². The smallest absolute Gasteiger partial charge is 0.309 e. The molecule has 7 atom stereocenters. The van der Waals surface area contributed by atoms with Gasteiger partial charge < -0.3 is 14.6 Å². The Labute approximate surface area is 130 Å². The topological polar surface area (TPSA) is 72.8 Å². The first kappa shape index (κ1) is 15.5. The van der Waals surface area contributed by atoms with E-state index >= 15 is 0 Å². The average molecular weight is 308 g/mol. The zero-order chi connectivity index (χ0) is 16.3. The molecule has 1 N–H and O–H groups in total. The van der Waals surface area contributed by atoms with Crippen LogP contribution in [0.3, 0.4) is 0 Å². The predicted octanol–water partition coefficient (Wildman–Crippen LogP) is 1.83. The second-order valence-electron chi connectivity index (χ2n) is 7.29. The number of aliphatic hydroxyl groups is 1. The van der Waals surface area contributed by atoms with Crippen LogP contribution >= 0.6 is 0 Å². The molecular formula is C17H24O5. The molecule has 0 bridgehead atoms. The number of rotatable bonds is 1. The van der Waals surface area contributed by atoms with Gasteiger partial charge in [-0.15, -0.1) is 0 Å². The molecule has 0 spiro atoms. The van der Waals surface area contributed by atoms with Gasteiger partial charge in [0.05, 0.1) is 16.9 Å². The van der Waals surface area contributed by atoms with Gasteiger partial charge in [-0.1, -0.05) is 19.9 Å². The monoisotopic (exact) mass is 308 g/mol. The summed E-state index contributed by atoms with van der Waals surface area (Å²) in [5.74, 6) is -0.750. The number of carbonyl (C=O) groups excluding carboxylic acids is 2. The molecule has 2 aliphatic carbocycles. The van der Waals surface area contributed by atoms with E-state index in [4.69, 9.17) is 9.47 Å². The lowest BCUT2D eigenvalue weighted by molar-refractivity contribution is -0.187. The van der Waals surface area contributed by atoms with Crippen LogP contribution in [0.15, 0.2) is 12.2 Å². The van der Waals surface area contributed by atoms with Gasteiger partial charge in [0, 0.05) is 12.8 Å². The molecule has 1 saturated heterocycles. The Balaban J connectivity index is 2.08. The summed E-state index contributed by atoms with van der Waals surface area (Å²) in [5.41, 5.74) is -1.99. The highest BCUT2D eigenvalue weighted by Crippen LogP contribution is 2.58. The van der Waals surface area contributed by atoms with Crippen LogP contribution in [0, 0.1) is 23.2 Å². The van der Waals surface area contributed by atoms with Gasteiger partial charge in [0.25, 0.3) is 0 Å². The fraction of sp³-hybridized carbons (Fsp3) is 0.765. The van der Waals surface area contributed by atoms with E-state index in [2.05, 4.69) is 0 Å². The van der Waals surface area contributed by atoms with Gasteiger partial charge in [-0.2, -0.15) is 0 Å². The molecular weight excluding hydrogens is 284 g/mol. The van der Waals surface area contributed by atoms with E-state index < -0.39 is 29.2 Å². The third-order valence-electron chi connectivity index (χ3n) is 6.19. The summed E-state index contributed by atoms with van der Waals surface area (Å²) in [6.45, 7) is 7.13. The van der Waals surface area contributed by atoms with Crippen LogP contribution in [0.4, 0.5) is 0 Å². The van der Waals surface area contributed by atoms with E-state index in [0.717, 1.165) is 12.8 Å².